The second-order valence-electron chi connectivity index (χ2n) is 7.45. The third-order valence-corrected chi connectivity index (χ3v) is 5.53. The Labute approximate surface area is 173 Å². The van der Waals surface area contributed by atoms with Crippen molar-refractivity contribution < 1.29 is 19.1 Å². The summed E-state index contributed by atoms with van der Waals surface area (Å²) in [5, 5.41) is 5.75. The molecule has 1 aromatic heterocycles. The number of amides is 3. The minimum absolute atomic E-state index is 0.0888. The molecule has 2 N–H and O–H groups in total. The van der Waals surface area contributed by atoms with E-state index >= 15 is 0 Å². The molecule has 3 heterocycles. The molecule has 0 unspecified atom stereocenters. The van der Waals surface area contributed by atoms with Gasteiger partial charge in [0.2, 0.25) is 11.8 Å². The molecule has 0 bridgehead atoms. The van der Waals surface area contributed by atoms with Crippen LogP contribution in [0.25, 0.3) is 0 Å². The highest BCUT2D eigenvalue weighted by atomic mass is 16.5. The lowest BCUT2D eigenvalue weighted by atomic mass is 9.91. The average molecular weight is 409 g/mol. The lowest BCUT2D eigenvalue weighted by Crippen LogP contribution is -2.67. The summed E-state index contributed by atoms with van der Waals surface area (Å²) in [6.45, 7) is 0.418. The molecule has 3 amide bonds. The lowest BCUT2D eigenvalue weighted by molar-refractivity contribution is -0.151. The van der Waals surface area contributed by atoms with Gasteiger partial charge < -0.3 is 20.3 Å². The summed E-state index contributed by atoms with van der Waals surface area (Å²) in [6, 6.07) is 6.06. The van der Waals surface area contributed by atoms with Crippen LogP contribution < -0.4 is 15.4 Å². The van der Waals surface area contributed by atoms with Crippen LogP contribution in [-0.2, 0) is 16.0 Å². The molecule has 3 atom stereocenters. The molecule has 9 heteroatoms. The predicted octanol–water partition coefficient (Wildman–Crippen LogP) is 0.316. The highest BCUT2D eigenvalue weighted by molar-refractivity contribution is 5.97. The summed E-state index contributed by atoms with van der Waals surface area (Å²) >= 11 is 0. The van der Waals surface area contributed by atoms with Gasteiger partial charge >= 0.3 is 0 Å². The maximum atomic E-state index is 13.0. The van der Waals surface area contributed by atoms with Gasteiger partial charge in [-0.1, -0.05) is 12.1 Å². The zero-order valence-corrected chi connectivity index (χ0v) is 16.6. The second-order valence-corrected chi connectivity index (χ2v) is 7.45. The van der Waals surface area contributed by atoms with Crippen molar-refractivity contribution in [1.82, 2.24) is 25.5 Å². The molecule has 0 saturated carbocycles. The van der Waals surface area contributed by atoms with E-state index in [4.69, 9.17) is 4.74 Å². The number of benzene rings is 1. The number of ether oxygens (including phenoxy) is 1. The summed E-state index contributed by atoms with van der Waals surface area (Å²) in [7, 11) is 1.60. The molecule has 30 heavy (non-hydrogen) atoms. The zero-order valence-electron chi connectivity index (χ0n) is 16.6. The predicted molar refractivity (Wildman–Crippen MR) is 107 cm³/mol. The number of hydrogen-bond acceptors (Lipinski definition) is 6. The first-order chi connectivity index (χ1) is 14.5. The van der Waals surface area contributed by atoms with Crippen LogP contribution in [0.5, 0.6) is 5.75 Å². The number of piperazine rings is 1. The van der Waals surface area contributed by atoms with Gasteiger partial charge in [0.15, 0.2) is 0 Å². The van der Waals surface area contributed by atoms with Gasteiger partial charge in [-0.3, -0.25) is 19.4 Å². The van der Waals surface area contributed by atoms with E-state index in [9.17, 15) is 14.4 Å². The molecule has 2 aliphatic heterocycles. The van der Waals surface area contributed by atoms with Gasteiger partial charge in [0.1, 0.15) is 23.5 Å². The van der Waals surface area contributed by atoms with Crippen molar-refractivity contribution in [3.05, 3.63) is 54.1 Å². The van der Waals surface area contributed by atoms with E-state index in [-0.39, 0.29) is 29.5 Å². The van der Waals surface area contributed by atoms with Crippen LogP contribution in [0.15, 0.2) is 42.9 Å². The fraction of sp³-hybridized carbons (Fsp3) is 0.381. The maximum absolute atomic E-state index is 13.0. The molecule has 1 aromatic carbocycles. The quantitative estimate of drug-likeness (QED) is 0.735. The second kappa shape index (κ2) is 8.48. The van der Waals surface area contributed by atoms with E-state index in [1.54, 1.807) is 12.0 Å². The molecule has 0 spiro atoms. The van der Waals surface area contributed by atoms with Crippen molar-refractivity contribution in [3.63, 3.8) is 0 Å². The first kappa shape index (κ1) is 19.8. The average Bonchev–Trinajstić information content (AvgIpc) is 2.78. The van der Waals surface area contributed by atoms with E-state index in [0.29, 0.717) is 25.8 Å². The number of methoxy groups -OCH3 is 1. The van der Waals surface area contributed by atoms with E-state index in [0.717, 1.165) is 11.3 Å². The number of aromatic nitrogens is 2. The molecule has 0 radical (unpaired) electrons. The van der Waals surface area contributed by atoms with Crippen molar-refractivity contribution in [2.24, 2.45) is 0 Å². The van der Waals surface area contributed by atoms with Crippen LogP contribution in [0.1, 0.15) is 28.9 Å². The van der Waals surface area contributed by atoms with E-state index in [1.807, 2.05) is 24.3 Å². The Morgan fingerprint density at radius 2 is 2.07 bits per heavy atom. The van der Waals surface area contributed by atoms with Gasteiger partial charge in [-0.2, -0.15) is 0 Å². The number of nitrogens with zero attached hydrogens (tertiary/aromatic N) is 3. The topological polar surface area (TPSA) is 114 Å². The Kier molecular flexibility index (Phi) is 5.60. The van der Waals surface area contributed by atoms with Gasteiger partial charge in [0, 0.05) is 31.4 Å². The third-order valence-electron chi connectivity index (χ3n) is 5.53. The van der Waals surface area contributed by atoms with E-state index in [2.05, 4.69) is 20.6 Å². The summed E-state index contributed by atoms with van der Waals surface area (Å²) < 4.78 is 5.15. The number of carbonyl (C=O) groups excluding carboxylic acids is 3. The minimum Gasteiger partial charge on any atom is -0.497 e. The van der Waals surface area contributed by atoms with Crippen LogP contribution in [0, 0.1) is 0 Å². The van der Waals surface area contributed by atoms with E-state index in [1.165, 1.54) is 18.6 Å². The van der Waals surface area contributed by atoms with Crippen LogP contribution in [0.2, 0.25) is 0 Å². The first-order valence-electron chi connectivity index (χ1n) is 9.86. The monoisotopic (exact) mass is 409 g/mol. The zero-order chi connectivity index (χ0) is 21.1. The maximum Gasteiger partial charge on any atom is 0.271 e. The van der Waals surface area contributed by atoms with Gasteiger partial charge in [-0.05, 0) is 30.5 Å². The van der Waals surface area contributed by atoms with Crippen molar-refractivity contribution in [2.75, 3.05) is 13.7 Å². The van der Waals surface area contributed by atoms with E-state index < -0.39 is 12.1 Å². The standard InChI is InChI=1S/C21H23N5O4/c1-30-15-4-2-13(3-5-15)10-16-21(29)26-9-6-14(11-18(26)20(28)25-16)24-19(27)17-12-22-7-8-23-17/h2-5,7-8,12,14,16,18H,6,9-11H2,1H3,(H,24,27)(H,25,28)/t14-,16+,18-/m0/s1. The van der Waals surface area contributed by atoms with Crippen molar-refractivity contribution in [2.45, 2.75) is 37.4 Å². The van der Waals surface area contributed by atoms with Crippen LogP contribution in [0.4, 0.5) is 0 Å². The fourth-order valence-electron chi connectivity index (χ4n) is 3.95. The molecular formula is C21H23N5O4. The molecule has 156 valence electrons. The Balaban J connectivity index is 1.38. The Hall–Kier alpha value is -3.49. The molecule has 0 aliphatic carbocycles. The number of piperidine rings is 1. The molecule has 2 aliphatic rings. The van der Waals surface area contributed by atoms with Gasteiger partial charge in [0.25, 0.3) is 5.91 Å². The Morgan fingerprint density at radius 1 is 1.27 bits per heavy atom. The largest absolute Gasteiger partial charge is 0.497 e. The van der Waals surface area contributed by atoms with Crippen molar-refractivity contribution in [1.29, 1.82) is 0 Å². The highest BCUT2D eigenvalue weighted by Crippen LogP contribution is 2.24. The summed E-state index contributed by atoms with van der Waals surface area (Å²) in [5.41, 5.74) is 1.17. The van der Waals surface area contributed by atoms with Gasteiger partial charge in [-0.15, -0.1) is 0 Å². The first-order valence-corrected chi connectivity index (χ1v) is 9.86. The molecule has 9 nitrogen and oxygen atoms in total. The van der Waals surface area contributed by atoms with Gasteiger partial charge in [0.05, 0.1) is 13.3 Å². The number of fused-ring (bicyclic) bond motifs is 1. The smallest absolute Gasteiger partial charge is 0.271 e. The van der Waals surface area contributed by atoms with Crippen LogP contribution in [-0.4, -0.2) is 64.4 Å². The Morgan fingerprint density at radius 3 is 2.77 bits per heavy atom. The number of rotatable bonds is 5. The summed E-state index contributed by atoms with van der Waals surface area (Å²) in [6.07, 6.45) is 5.72. The van der Waals surface area contributed by atoms with Gasteiger partial charge in [-0.25, -0.2) is 4.98 Å². The van der Waals surface area contributed by atoms with Crippen LogP contribution >= 0.6 is 0 Å². The fourth-order valence-corrected chi connectivity index (χ4v) is 3.95. The third kappa shape index (κ3) is 4.10. The number of hydrogen-bond donors (Lipinski definition) is 2. The van der Waals surface area contributed by atoms with Crippen LogP contribution in [0.3, 0.4) is 0 Å². The Bertz CT molecular complexity index is 934. The summed E-state index contributed by atoms with van der Waals surface area (Å²) in [4.78, 5) is 47.5. The molecule has 4 rings (SSSR count). The minimum atomic E-state index is -0.590. The highest BCUT2D eigenvalue weighted by Gasteiger charge is 2.44. The molecule has 2 fully saturated rings. The molecular weight excluding hydrogens is 386 g/mol. The number of nitrogens with one attached hydrogen (secondary N) is 2. The summed E-state index contributed by atoms with van der Waals surface area (Å²) in [5.74, 6) is 0.130. The molecule has 2 saturated heterocycles. The number of carbonyl (C=O) groups is 3. The van der Waals surface area contributed by atoms with Crippen molar-refractivity contribution >= 4 is 17.7 Å². The van der Waals surface area contributed by atoms with Crippen molar-refractivity contribution in [3.8, 4) is 5.75 Å². The SMILES string of the molecule is COc1ccc(C[C@H]2NC(=O)[C@@H]3C[C@@H](NC(=O)c4cnccn4)CCN3C2=O)cc1. The molecule has 2 aromatic rings. The lowest BCUT2D eigenvalue weighted by Gasteiger charge is -2.44. The normalized spacial score (nSPS) is 23.4.